The fourth-order valence-corrected chi connectivity index (χ4v) is 3.31. The van der Waals surface area contributed by atoms with Gasteiger partial charge in [-0.05, 0) is 37.5 Å². The Labute approximate surface area is 161 Å². The Balaban J connectivity index is 1.43. The molecule has 1 atom stereocenters. The summed E-state index contributed by atoms with van der Waals surface area (Å²) in [7, 11) is 0. The first-order valence-electron chi connectivity index (χ1n) is 9.23. The highest BCUT2D eigenvalue weighted by molar-refractivity contribution is 5.79. The van der Waals surface area contributed by atoms with Crippen LogP contribution in [0.15, 0.2) is 41.2 Å². The van der Waals surface area contributed by atoms with Crippen molar-refractivity contribution >= 4 is 5.91 Å². The molecule has 1 fully saturated rings. The molecule has 1 aliphatic rings. The Morgan fingerprint density at radius 2 is 2.07 bits per heavy atom. The predicted octanol–water partition coefficient (Wildman–Crippen LogP) is 2.92. The summed E-state index contributed by atoms with van der Waals surface area (Å²) < 4.78 is 18.4. The average Bonchev–Trinajstić information content (AvgIpc) is 3.21. The van der Waals surface area contributed by atoms with E-state index >= 15 is 0 Å². The third-order valence-electron chi connectivity index (χ3n) is 4.85. The van der Waals surface area contributed by atoms with Crippen molar-refractivity contribution in [2.45, 2.75) is 32.1 Å². The van der Waals surface area contributed by atoms with E-state index in [1.165, 1.54) is 12.1 Å². The minimum atomic E-state index is -0.305. The summed E-state index contributed by atoms with van der Waals surface area (Å²) in [5.41, 5.74) is 2.14. The number of hydrogen-bond acceptors (Lipinski definition) is 6. The summed E-state index contributed by atoms with van der Waals surface area (Å²) in [5.74, 6) is 0.639. The van der Waals surface area contributed by atoms with Gasteiger partial charge in [-0.3, -0.25) is 9.78 Å². The van der Waals surface area contributed by atoms with Gasteiger partial charge in [-0.2, -0.15) is 4.98 Å². The molecular weight excluding hydrogens is 361 g/mol. The summed E-state index contributed by atoms with van der Waals surface area (Å²) in [6.07, 6.45) is 5.26. The molecule has 0 N–H and O–H groups in total. The molecule has 28 heavy (non-hydrogen) atoms. The summed E-state index contributed by atoms with van der Waals surface area (Å²) >= 11 is 0. The molecule has 4 rings (SSSR count). The number of amides is 1. The molecule has 1 aliphatic heterocycles. The molecule has 0 saturated carbocycles. The van der Waals surface area contributed by atoms with E-state index in [2.05, 4.69) is 20.1 Å². The van der Waals surface area contributed by atoms with E-state index in [0.717, 1.165) is 24.1 Å². The quantitative estimate of drug-likeness (QED) is 0.691. The van der Waals surface area contributed by atoms with Crippen LogP contribution in [0.25, 0.3) is 11.6 Å². The Bertz CT molecular complexity index is 955. The first kappa shape index (κ1) is 18.2. The molecule has 0 spiro atoms. The summed E-state index contributed by atoms with van der Waals surface area (Å²) in [5, 5.41) is 4.09. The lowest BCUT2D eigenvalue weighted by Gasteiger charge is -2.31. The SMILES string of the molecule is Cc1cnc(-c2nc(C3CCCN(C(=O)Cc4ccc(F)cc4)C3)no2)cn1. The van der Waals surface area contributed by atoms with Gasteiger partial charge in [0.2, 0.25) is 5.91 Å². The Morgan fingerprint density at radius 3 is 2.82 bits per heavy atom. The van der Waals surface area contributed by atoms with Gasteiger partial charge in [0.05, 0.1) is 18.3 Å². The van der Waals surface area contributed by atoms with Crippen molar-refractivity contribution in [2.24, 2.45) is 0 Å². The molecule has 1 aromatic carbocycles. The molecule has 7 nitrogen and oxygen atoms in total. The minimum absolute atomic E-state index is 0.0156. The van der Waals surface area contributed by atoms with Gasteiger partial charge in [0.25, 0.3) is 5.89 Å². The van der Waals surface area contributed by atoms with E-state index < -0.39 is 0 Å². The van der Waals surface area contributed by atoms with Gasteiger partial charge in [0.15, 0.2) is 5.82 Å². The van der Waals surface area contributed by atoms with Gasteiger partial charge < -0.3 is 9.42 Å². The van der Waals surface area contributed by atoms with Gasteiger partial charge in [0, 0.05) is 25.2 Å². The smallest absolute Gasteiger partial charge is 0.278 e. The fourth-order valence-electron chi connectivity index (χ4n) is 3.31. The maximum atomic E-state index is 13.0. The summed E-state index contributed by atoms with van der Waals surface area (Å²) in [4.78, 5) is 27.4. The van der Waals surface area contributed by atoms with Crippen molar-refractivity contribution in [2.75, 3.05) is 13.1 Å². The van der Waals surface area contributed by atoms with Crippen LogP contribution < -0.4 is 0 Å². The van der Waals surface area contributed by atoms with Crippen LogP contribution in [-0.4, -0.2) is 44.0 Å². The van der Waals surface area contributed by atoms with Crippen LogP contribution in [0.5, 0.6) is 0 Å². The lowest BCUT2D eigenvalue weighted by atomic mass is 9.96. The Morgan fingerprint density at radius 1 is 1.25 bits per heavy atom. The van der Waals surface area contributed by atoms with Crippen molar-refractivity contribution in [3.8, 4) is 11.6 Å². The number of carbonyl (C=O) groups is 1. The number of likely N-dealkylation sites (tertiary alicyclic amines) is 1. The van der Waals surface area contributed by atoms with Crippen LogP contribution in [0.3, 0.4) is 0 Å². The van der Waals surface area contributed by atoms with E-state index in [4.69, 9.17) is 4.52 Å². The number of aryl methyl sites for hydroxylation is 1. The number of rotatable bonds is 4. The van der Waals surface area contributed by atoms with Crippen molar-refractivity contribution in [3.05, 3.63) is 59.6 Å². The lowest BCUT2D eigenvalue weighted by molar-refractivity contribution is -0.131. The number of nitrogens with zero attached hydrogens (tertiary/aromatic N) is 5. The van der Waals surface area contributed by atoms with E-state index in [-0.39, 0.29) is 24.1 Å². The number of hydrogen-bond donors (Lipinski definition) is 0. The van der Waals surface area contributed by atoms with Crippen LogP contribution >= 0.6 is 0 Å². The number of benzene rings is 1. The zero-order valence-electron chi connectivity index (χ0n) is 15.5. The second-order valence-corrected chi connectivity index (χ2v) is 6.98. The van der Waals surface area contributed by atoms with Crippen LogP contribution in [0.2, 0.25) is 0 Å². The zero-order valence-corrected chi connectivity index (χ0v) is 15.5. The molecule has 3 aromatic rings. The fraction of sp³-hybridized carbons (Fsp3) is 0.350. The molecule has 144 valence electrons. The van der Waals surface area contributed by atoms with Crippen molar-refractivity contribution < 1.29 is 13.7 Å². The highest BCUT2D eigenvalue weighted by Gasteiger charge is 2.28. The van der Waals surface area contributed by atoms with E-state index in [9.17, 15) is 9.18 Å². The summed E-state index contributed by atoms with van der Waals surface area (Å²) in [6, 6.07) is 6.03. The van der Waals surface area contributed by atoms with Crippen molar-refractivity contribution in [1.29, 1.82) is 0 Å². The van der Waals surface area contributed by atoms with E-state index in [1.807, 2.05) is 11.8 Å². The standard InChI is InChI=1S/C20H20FN5O2/c1-13-10-23-17(11-22-13)20-24-19(25-28-20)15-3-2-8-26(12-15)18(27)9-14-4-6-16(21)7-5-14/h4-7,10-11,15H,2-3,8-9,12H2,1H3. The first-order chi connectivity index (χ1) is 13.6. The van der Waals surface area contributed by atoms with Crippen LogP contribution in [-0.2, 0) is 11.2 Å². The third kappa shape index (κ3) is 4.05. The van der Waals surface area contributed by atoms with Crippen LogP contribution in [0.4, 0.5) is 4.39 Å². The Hall–Kier alpha value is -3.16. The molecule has 0 bridgehead atoms. The highest BCUT2D eigenvalue weighted by atomic mass is 19.1. The molecular formula is C20H20FN5O2. The zero-order chi connectivity index (χ0) is 19.5. The van der Waals surface area contributed by atoms with E-state index in [1.54, 1.807) is 24.5 Å². The van der Waals surface area contributed by atoms with Gasteiger partial charge in [-0.25, -0.2) is 9.37 Å². The molecule has 1 amide bonds. The van der Waals surface area contributed by atoms with E-state index in [0.29, 0.717) is 30.5 Å². The molecule has 3 heterocycles. The van der Waals surface area contributed by atoms with Gasteiger partial charge in [-0.1, -0.05) is 17.3 Å². The van der Waals surface area contributed by atoms with Crippen molar-refractivity contribution in [3.63, 3.8) is 0 Å². The highest BCUT2D eigenvalue weighted by Crippen LogP contribution is 2.27. The number of halogens is 1. The third-order valence-corrected chi connectivity index (χ3v) is 4.85. The van der Waals surface area contributed by atoms with Gasteiger partial charge in [-0.15, -0.1) is 0 Å². The molecule has 2 aromatic heterocycles. The normalized spacial score (nSPS) is 16.9. The van der Waals surface area contributed by atoms with Gasteiger partial charge in [0.1, 0.15) is 11.5 Å². The number of piperidine rings is 1. The summed E-state index contributed by atoms with van der Waals surface area (Å²) in [6.45, 7) is 3.10. The van der Waals surface area contributed by atoms with Crippen LogP contribution in [0.1, 0.15) is 35.8 Å². The average molecular weight is 381 g/mol. The van der Waals surface area contributed by atoms with Crippen LogP contribution in [0, 0.1) is 12.7 Å². The van der Waals surface area contributed by atoms with Gasteiger partial charge >= 0.3 is 0 Å². The first-order valence-corrected chi connectivity index (χ1v) is 9.23. The molecule has 8 heteroatoms. The number of aromatic nitrogens is 4. The molecule has 0 aliphatic carbocycles. The molecule has 1 unspecified atom stereocenters. The minimum Gasteiger partial charge on any atom is -0.342 e. The predicted molar refractivity (Wildman–Crippen MR) is 98.7 cm³/mol. The Kier molecular flexibility index (Phi) is 5.10. The molecule has 0 radical (unpaired) electrons. The monoisotopic (exact) mass is 381 g/mol. The van der Waals surface area contributed by atoms with Crippen molar-refractivity contribution in [1.82, 2.24) is 25.0 Å². The number of carbonyl (C=O) groups excluding carboxylic acids is 1. The molecule has 1 saturated heterocycles. The second-order valence-electron chi connectivity index (χ2n) is 6.98. The maximum Gasteiger partial charge on any atom is 0.278 e. The lowest BCUT2D eigenvalue weighted by Crippen LogP contribution is -2.40. The largest absolute Gasteiger partial charge is 0.342 e. The second kappa shape index (κ2) is 7.84. The maximum absolute atomic E-state index is 13.0. The topological polar surface area (TPSA) is 85.0 Å².